The number of hydrogen-bond donors (Lipinski definition) is 0. The number of ether oxygens (including phenoxy) is 3. The van der Waals surface area contributed by atoms with Crippen LogP contribution in [0.1, 0.15) is 49.4 Å². The molecule has 0 radical (unpaired) electrons. The van der Waals surface area contributed by atoms with E-state index in [1.54, 1.807) is 4.90 Å². The third-order valence-electron chi connectivity index (χ3n) is 5.92. The largest absolute Gasteiger partial charge is 0.492 e. The lowest BCUT2D eigenvalue weighted by Gasteiger charge is -2.33. The smallest absolute Gasteiger partial charge is 0.292 e. The molecule has 160 valence electrons. The molecule has 5 heteroatoms. The van der Waals surface area contributed by atoms with Crippen molar-refractivity contribution in [1.29, 1.82) is 0 Å². The highest BCUT2D eigenvalue weighted by Gasteiger charge is 2.56. The van der Waals surface area contributed by atoms with Crippen LogP contribution in [-0.2, 0) is 25.5 Å². The third kappa shape index (κ3) is 3.50. The summed E-state index contributed by atoms with van der Waals surface area (Å²) in [7, 11) is 0. The summed E-state index contributed by atoms with van der Waals surface area (Å²) in [5.74, 6) is -0.658. The summed E-state index contributed by atoms with van der Waals surface area (Å²) in [6, 6.07) is 12.2. The number of aryl methyl sites for hydroxylation is 2. The van der Waals surface area contributed by atoms with Gasteiger partial charge in [0.1, 0.15) is 12.4 Å². The summed E-state index contributed by atoms with van der Waals surface area (Å²) < 4.78 is 17.9. The van der Waals surface area contributed by atoms with E-state index in [0.717, 1.165) is 34.5 Å². The molecule has 2 heterocycles. The molecule has 1 saturated heterocycles. The molecule has 2 aliphatic rings. The van der Waals surface area contributed by atoms with Gasteiger partial charge in [0.2, 0.25) is 0 Å². The van der Waals surface area contributed by atoms with Gasteiger partial charge in [-0.2, -0.15) is 0 Å². The highest BCUT2D eigenvalue weighted by molar-refractivity contribution is 6.07. The van der Waals surface area contributed by atoms with Crippen molar-refractivity contribution in [3.8, 4) is 5.75 Å². The number of amides is 1. The molecule has 30 heavy (non-hydrogen) atoms. The molecule has 0 N–H and O–H groups in total. The van der Waals surface area contributed by atoms with Gasteiger partial charge in [-0.3, -0.25) is 4.79 Å². The number of nitrogens with zero attached hydrogens (tertiary/aromatic N) is 1. The molecule has 0 aliphatic carbocycles. The lowest BCUT2D eigenvalue weighted by atomic mass is 9.87. The van der Waals surface area contributed by atoms with Crippen molar-refractivity contribution in [1.82, 2.24) is 0 Å². The van der Waals surface area contributed by atoms with Crippen molar-refractivity contribution in [2.75, 3.05) is 31.3 Å². The Kier molecular flexibility index (Phi) is 5.37. The van der Waals surface area contributed by atoms with Crippen LogP contribution in [0.4, 0.5) is 5.69 Å². The van der Waals surface area contributed by atoms with Gasteiger partial charge in [0.25, 0.3) is 11.7 Å². The average molecular weight is 410 g/mol. The molecule has 0 bridgehead atoms. The first-order valence-corrected chi connectivity index (χ1v) is 10.7. The molecule has 0 aromatic heterocycles. The molecule has 1 fully saturated rings. The van der Waals surface area contributed by atoms with Crippen LogP contribution in [0.3, 0.4) is 0 Å². The number of carbonyl (C=O) groups is 1. The van der Waals surface area contributed by atoms with Crippen molar-refractivity contribution in [3.05, 3.63) is 58.7 Å². The lowest BCUT2D eigenvalue weighted by molar-refractivity contribution is -0.257. The minimum Gasteiger partial charge on any atom is -0.492 e. The maximum absolute atomic E-state index is 13.5. The van der Waals surface area contributed by atoms with Crippen LogP contribution in [0.25, 0.3) is 0 Å². The van der Waals surface area contributed by atoms with E-state index >= 15 is 0 Å². The van der Waals surface area contributed by atoms with Crippen LogP contribution in [0.15, 0.2) is 36.4 Å². The Bertz CT molecular complexity index is 937. The van der Waals surface area contributed by atoms with E-state index in [1.165, 1.54) is 5.56 Å². The van der Waals surface area contributed by atoms with Gasteiger partial charge in [-0.1, -0.05) is 45.0 Å². The monoisotopic (exact) mass is 409 g/mol. The van der Waals surface area contributed by atoms with Gasteiger partial charge in [0.15, 0.2) is 0 Å². The van der Waals surface area contributed by atoms with Crippen LogP contribution in [0.5, 0.6) is 5.75 Å². The second kappa shape index (κ2) is 7.71. The van der Waals surface area contributed by atoms with Crippen molar-refractivity contribution >= 4 is 11.6 Å². The Morgan fingerprint density at radius 2 is 1.63 bits per heavy atom. The summed E-state index contributed by atoms with van der Waals surface area (Å²) in [5.41, 5.74) is 5.15. The summed E-state index contributed by atoms with van der Waals surface area (Å²) in [5, 5.41) is 0. The van der Waals surface area contributed by atoms with Crippen molar-refractivity contribution in [3.63, 3.8) is 0 Å². The van der Waals surface area contributed by atoms with Crippen LogP contribution in [0.2, 0.25) is 0 Å². The molecular weight excluding hydrogens is 378 g/mol. The second-order valence-corrected chi connectivity index (χ2v) is 9.17. The summed E-state index contributed by atoms with van der Waals surface area (Å²) in [6.07, 6.45) is 0.795. The maximum Gasteiger partial charge on any atom is 0.292 e. The van der Waals surface area contributed by atoms with Crippen molar-refractivity contribution in [2.45, 2.75) is 52.2 Å². The third-order valence-corrected chi connectivity index (χ3v) is 5.92. The maximum atomic E-state index is 13.5. The Balaban J connectivity index is 1.54. The summed E-state index contributed by atoms with van der Waals surface area (Å²) >= 11 is 0. The SMILES string of the molecule is Cc1ccc(C)c2c1N(CCOc1ccc(C(C)(C)C)cc1)C(=O)C21OCCCO1. The number of carbonyl (C=O) groups excluding carboxylic acids is 1. The van der Waals surface area contributed by atoms with Gasteiger partial charge >= 0.3 is 0 Å². The Morgan fingerprint density at radius 3 is 2.27 bits per heavy atom. The standard InChI is InChI=1S/C25H31NO4/c1-17-7-8-18(2)22-21(17)25(29-14-6-15-30-25)23(27)26(22)13-16-28-20-11-9-19(10-12-20)24(3,4)5/h7-12H,6,13-16H2,1-5H3. The summed E-state index contributed by atoms with van der Waals surface area (Å²) in [6.45, 7) is 12.5. The molecule has 5 nitrogen and oxygen atoms in total. The van der Waals surface area contributed by atoms with Crippen LogP contribution < -0.4 is 9.64 Å². The lowest BCUT2D eigenvalue weighted by Crippen LogP contribution is -2.48. The van der Waals surface area contributed by atoms with Crippen molar-refractivity contribution < 1.29 is 19.0 Å². The predicted octanol–water partition coefficient (Wildman–Crippen LogP) is 4.62. The van der Waals surface area contributed by atoms with E-state index in [9.17, 15) is 4.79 Å². The molecule has 0 unspecified atom stereocenters. The number of anilines is 1. The highest BCUT2D eigenvalue weighted by Crippen LogP contribution is 2.48. The number of benzene rings is 2. The molecule has 1 spiro atoms. The minimum absolute atomic E-state index is 0.105. The zero-order valence-corrected chi connectivity index (χ0v) is 18.6. The predicted molar refractivity (Wildman–Crippen MR) is 117 cm³/mol. The number of hydrogen-bond acceptors (Lipinski definition) is 4. The minimum atomic E-state index is -1.31. The van der Waals surface area contributed by atoms with Gasteiger partial charge in [-0.25, -0.2) is 0 Å². The van der Waals surface area contributed by atoms with Gasteiger partial charge in [-0.15, -0.1) is 0 Å². The van der Waals surface area contributed by atoms with E-state index in [0.29, 0.717) is 26.4 Å². The van der Waals surface area contributed by atoms with Crippen molar-refractivity contribution in [2.24, 2.45) is 0 Å². The fourth-order valence-electron chi connectivity index (χ4n) is 4.27. The van der Waals surface area contributed by atoms with E-state index in [2.05, 4.69) is 32.9 Å². The molecule has 2 aliphatic heterocycles. The van der Waals surface area contributed by atoms with E-state index in [4.69, 9.17) is 14.2 Å². The average Bonchev–Trinajstić information content (AvgIpc) is 2.95. The first-order valence-electron chi connectivity index (χ1n) is 10.7. The first-order chi connectivity index (χ1) is 14.2. The van der Waals surface area contributed by atoms with Crippen LogP contribution in [0, 0.1) is 13.8 Å². The van der Waals surface area contributed by atoms with Crippen LogP contribution in [-0.4, -0.2) is 32.3 Å². The quantitative estimate of drug-likeness (QED) is 0.740. The summed E-state index contributed by atoms with van der Waals surface area (Å²) in [4.78, 5) is 15.2. The molecule has 0 atom stereocenters. The first kappa shape index (κ1) is 20.9. The normalized spacial score (nSPS) is 18.0. The highest BCUT2D eigenvalue weighted by atomic mass is 16.7. The Labute approximate surface area is 178 Å². The van der Waals surface area contributed by atoms with E-state index in [-0.39, 0.29) is 11.3 Å². The second-order valence-electron chi connectivity index (χ2n) is 9.17. The number of fused-ring (bicyclic) bond motifs is 2. The van der Waals surface area contributed by atoms with Gasteiger partial charge in [0, 0.05) is 5.56 Å². The molecule has 0 saturated carbocycles. The Morgan fingerprint density at radius 1 is 1.00 bits per heavy atom. The molecule has 4 rings (SSSR count). The molecule has 2 aromatic carbocycles. The van der Waals surface area contributed by atoms with Gasteiger partial charge in [0.05, 0.1) is 25.4 Å². The van der Waals surface area contributed by atoms with Gasteiger partial charge in [-0.05, 0) is 54.5 Å². The van der Waals surface area contributed by atoms with E-state index in [1.807, 2.05) is 38.1 Å². The van der Waals surface area contributed by atoms with Crippen LogP contribution >= 0.6 is 0 Å². The van der Waals surface area contributed by atoms with E-state index < -0.39 is 5.79 Å². The molecule has 2 aromatic rings. The van der Waals surface area contributed by atoms with Gasteiger partial charge < -0.3 is 19.1 Å². The number of rotatable bonds is 4. The fraction of sp³-hybridized carbons (Fsp3) is 0.480. The molecular formula is C25H31NO4. The zero-order chi connectivity index (χ0) is 21.5. The Hall–Kier alpha value is -2.37. The fourth-order valence-corrected chi connectivity index (χ4v) is 4.27. The molecule has 1 amide bonds. The topological polar surface area (TPSA) is 48.0 Å². The zero-order valence-electron chi connectivity index (χ0n) is 18.6.